The molecular weight excluding hydrogens is 150 g/mol. The third-order valence-electron chi connectivity index (χ3n) is 2.82. The predicted octanol–water partition coefficient (Wildman–Crippen LogP) is 1.25. The van der Waals surface area contributed by atoms with Crippen molar-refractivity contribution in [3.63, 3.8) is 0 Å². The van der Waals surface area contributed by atoms with Crippen molar-refractivity contribution in [2.45, 2.75) is 26.7 Å². The summed E-state index contributed by atoms with van der Waals surface area (Å²) in [5.74, 6) is 1.84. The molecular formula is C9H19N3. The third kappa shape index (κ3) is 2.13. The van der Waals surface area contributed by atoms with Crippen LogP contribution in [0.1, 0.15) is 26.7 Å². The Bertz CT molecular complexity index is 157. The highest BCUT2D eigenvalue weighted by Crippen LogP contribution is 2.23. The van der Waals surface area contributed by atoms with E-state index in [4.69, 9.17) is 11.1 Å². The summed E-state index contributed by atoms with van der Waals surface area (Å²) in [4.78, 5) is 1.96. The summed E-state index contributed by atoms with van der Waals surface area (Å²) < 4.78 is 0. The van der Waals surface area contributed by atoms with Crippen LogP contribution in [0.2, 0.25) is 0 Å². The SMILES string of the molecule is CC(C)C1CCN(C(=N)N)CC1. The zero-order valence-electron chi connectivity index (χ0n) is 8.01. The van der Waals surface area contributed by atoms with Gasteiger partial charge in [0.05, 0.1) is 0 Å². The molecule has 1 heterocycles. The van der Waals surface area contributed by atoms with Crippen LogP contribution in [0.25, 0.3) is 0 Å². The van der Waals surface area contributed by atoms with Gasteiger partial charge in [0.2, 0.25) is 0 Å². The molecule has 0 aromatic carbocycles. The Labute approximate surface area is 74.4 Å². The van der Waals surface area contributed by atoms with Gasteiger partial charge in [-0.2, -0.15) is 0 Å². The summed E-state index contributed by atoms with van der Waals surface area (Å²) in [5, 5.41) is 7.27. The third-order valence-corrected chi connectivity index (χ3v) is 2.82. The Kier molecular flexibility index (Phi) is 2.95. The van der Waals surface area contributed by atoms with Crippen LogP contribution in [0.15, 0.2) is 0 Å². The van der Waals surface area contributed by atoms with Crippen molar-refractivity contribution in [1.82, 2.24) is 4.90 Å². The van der Waals surface area contributed by atoms with Gasteiger partial charge < -0.3 is 10.6 Å². The largest absolute Gasteiger partial charge is 0.370 e. The predicted molar refractivity (Wildman–Crippen MR) is 51.0 cm³/mol. The number of nitrogens with two attached hydrogens (primary N) is 1. The van der Waals surface area contributed by atoms with Crippen molar-refractivity contribution in [3.05, 3.63) is 0 Å². The Morgan fingerprint density at radius 2 is 1.92 bits per heavy atom. The second-order valence-corrected chi connectivity index (χ2v) is 3.95. The van der Waals surface area contributed by atoms with E-state index in [-0.39, 0.29) is 5.96 Å². The molecule has 12 heavy (non-hydrogen) atoms. The molecule has 70 valence electrons. The van der Waals surface area contributed by atoms with Gasteiger partial charge in [0.25, 0.3) is 0 Å². The first kappa shape index (κ1) is 9.36. The van der Waals surface area contributed by atoms with Crippen molar-refractivity contribution in [1.29, 1.82) is 5.41 Å². The smallest absolute Gasteiger partial charge is 0.188 e. The van der Waals surface area contributed by atoms with Crippen LogP contribution >= 0.6 is 0 Å². The molecule has 1 fully saturated rings. The summed E-state index contributed by atoms with van der Waals surface area (Å²) in [7, 11) is 0. The lowest BCUT2D eigenvalue weighted by Crippen LogP contribution is -2.42. The Hall–Kier alpha value is -0.730. The number of nitrogens with zero attached hydrogens (tertiary/aromatic N) is 1. The zero-order chi connectivity index (χ0) is 9.14. The Balaban J connectivity index is 2.34. The van der Waals surface area contributed by atoms with Crippen LogP contribution in [-0.2, 0) is 0 Å². The maximum absolute atomic E-state index is 7.27. The maximum Gasteiger partial charge on any atom is 0.188 e. The minimum absolute atomic E-state index is 0.234. The molecule has 0 aliphatic carbocycles. The average Bonchev–Trinajstić information content (AvgIpc) is 2.04. The molecule has 3 nitrogen and oxygen atoms in total. The fourth-order valence-electron chi connectivity index (χ4n) is 1.81. The van der Waals surface area contributed by atoms with Gasteiger partial charge in [-0.25, -0.2) is 0 Å². The lowest BCUT2D eigenvalue weighted by Gasteiger charge is -2.33. The lowest BCUT2D eigenvalue weighted by molar-refractivity contribution is 0.218. The van der Waals surface area contributed by atoms with Crippen molar-refractivity contribution in [2.75, 3.05) is 13.1 Å². The molecule has 0 amide bonds. The van der Waals surface area contributed by atoms with E-state index in [0.717, 1.165) is 24.9 Å². The fourth-order valence-corrected chi connectivity index (χ4v) is 1.81. The van der Waals surface area contributed by atoms with Gasteiger partial charge in [-0.05, 0) is 24.7 Å². The van der Waals surface area contributed by atoms with Crippen LogP contribution in [0.3, 0.4) is 0 Å². The summed E-state index contributed by atoms with van der Waals surface area (Å²) in [5.41, 5.74) is 5.40. The molecule has 0 atom stereocenters. The highest BCUT2D eigenvalue weighted by Gasteiger charge is 2.21. The minimum atomic E-state index is 0.234. The molecule has 1 aliphatic rings. The van der Waals surface area contributed by atoms with Gasteiger partial charge in [0, 0.05) is 13.1 Å². The van der Waals surface area contributed by atoms with Gasteiger partial charge in [-0.1, -0.05) is 13.8 Å². The van der Waals surface area contributed by atoms with Crippen LogP contribution < -0.4 is 5.73 Å². The minimum Gasteiger partial charge on any atom is -0.370 e. The maximum atomic E-state index is 7.27. The fraction of sp³-hybridized carbons (Fsp3) is 0.889. The van der Waals surface area contributed by atoms with Crippen LogP contribution in [0.5, 0.6) is 0 Å². The van der Waals surface area contributed by atoms with E-state index >= 15 is 0 Å². The molecule has 0 spiro atoms. The van der Waals surface area contributed by atoms with Crippen molar-refractivity contribution in [2.24, 2.45) is 17.6 Å². The molecule has 0 unspecified atom stereocenters. The summed E-state index contributed by atoms with van der Waals surface area (Å²) in [6.45, 7) is 6.48. The first-order valence-corrected chi connectivity index (χ1v) is 4.70. The van der Waals surface area contributed by atoms with Crippen molar-refractivity contribution in [3.8, 4) is 0 Å². The number of hydrogen-bond donors (Lipinski definition) is 2. The number of rotatable bonds is 1. The van der Waals surface area contributed by atoms with E-state index in [1.165, 1.54) is 12.8 Å². The number of hydrogen-bond acceptors (Lipinski definition) is 1. The molecule has 1 aliphatic heterocycles. The quantitative estimate of drug-likeness (QED) is 0.458. The topological polar surface area (TPSA) is 53.1 Å². The summed E-state index contributed by atoms with van der Waals surface area (Å²) in [6, 6.07) is 0. The number of nitrogens with one attached hydrogen (secondary N) is 1. The molecule has 0 aromatic rings. The molecule has 1 saturated heterocycles. The lowest BCUT2D eigenvalue weighted by atomic mass is 9.87. The number of likely N-dealkylation sites (tertiary alicyclic amines) is 1. The van der Waals surface area contributed by atoms with Crippen molar-refractivity contribution < 1.29 is 0 Å². The number of guanidine groups is 1. The highest BCUT2D eigenvalue weighted by atomic mass is 15.2. The summed E-state index contributed by atoms with van der Waals surface area (Å²) in [6.07, 6.45) is 2.38. The molecule has 3 N–H and O–H groups in total. The average molecular weight is 169 g/mol. The normalized spacial score (nSPS) is 20.1. The Morgan fingerprint density at radius 1 is 1.42 bits per heavy atom. The zero-order valence-corrected chi connectivity index (χ0v) is 8.01. The van der Waals surface area contributed by atoms with Crippen molar-refractivity contribution >= 4 is 5.96 Å². The van der Waals surface area contributed by atoms with Crippen LogP contribution in [0, 0.1) is 17.2 Å². The number of piperidine rings is 1. The summed E-state index contributed by atoms with van der Waals surface area (Å²) >= 11 is 0. The van der Waals surface area contributed by atoms with E-state index in [2.05, 4.69) is 13.8 Å². The first-order chi connectivity index (χ1) is 5.61. The van der Waals surface area contributed by atoms with Gasteiger partial charge in [-0.15, -0.1) is 0 Å². The van der Waals surface area contributed by atoms with E-state index in [9.17, 15) is 0 Å². The molecule has 0 radical (unpaired) electrons. The van der Waals surface area contributed by atoms with Gasteiger partial charge in [0.1, 0.15) is 0 Å². The van der Waals surface area contributed by atoms with Crippen LogP contribution in [-0.4, -0.2) is 23.9 Å². The molecule has 0 bridgehead atoms. The van der Waals surface area contributed by atoms with Gasteiger partial charge >= 0.3 is 0 Å². The monoisotopic (exact) mass is 169 g/mol. The van der Waals surface area contributed by atoms with E-state index in [1.54, 1.807) is 0 Å². The first-order valence-electron chi connectivity index (χ1n) is 4.70. The molecule has 3 heteroatoms. The highest BCUT2D eigenvalue weighted by molar-refractivity contribution is 5.74. The van der Waals surface area contributed by atoms with Crippen LogP contribution in [0.4, 0.5) is 0 Å². The Morgan fingerprint density at radius 3 is 2.25 bits per heavy atom. The van der Waals surface area contributed by atoms with E-state index < -0.39 is 0 Å². The molecule has 0 aromatic heterocycles. The molecule has 1 rings (SSSR count). The van der Waals surface area contributed by atoms with Gasteiger partial charge in [0.15, 0.2) is 5.96 Å². The van der Waals surface area contributed by atoms with E-state index in [0.29, 0.717) is 0 Å². The van der Waals surface area contributed by atoms with E-state index in [1.807, 2.05) is 4.90 Å². The second kappa shape index (κ2) is 3.78. The van der Waals surface area contributed by atoms with Gasteiger partial charge in [-0.3, -0.25) is 5.41 Å². The standard InChI is InChI=1S/C9H19N3/c1-7(2)8-3-5-12(6-4-8)9(10)11/h7-8H,3-6H2,1-2H3,(H3,10,11). The molecule has 0 saturated carbocycles. The second-order valence-electron chi connectivity index (χ2n) is 3.95.